The number of benzene rings is 1. The third-order valence-electron chi connectivity index (χ3n) is 1.82. The molecule has 0 spiro atoms. The van der Waals surface area contributed by atoms with Crippen LogP contribution in [0.4, 0.5) is 0 Å². The summed E-state index contributed by atoms with van der Waals surface area (Å²) in [6, 6.07) is 7.92. The van der Waals surface area contributed by atoms with Gasteiger partial charge in [0, 0.05) is 6.54 Å². The van der Waals surface area contributed by atoms with E-state index in [0.29, 0.717) is 6.54 Å². The molecule has 0 fully saturated rings. The fourth-order valence-corrected chi connectivity index (χ4v) is 1.05. The molecule has 14 heavy (non-hydrogen) atoms. The van der Waals surface area contributed by atoms with Crippen molar-refractivity contribution in [1.82, 2.24) is 5.32 Å². The second-order valence-corrected chi connectivity index (χ2v) is 3.53. The second kappa shape index (κ2) is 4.82. The number of hydrogen-bond acceptors (Lipinski definition) is 1. The molecule has 0 aliphatic rings. The molecule has 0 saturated heterocycles. The van der Waals surface area contributed by atoms with Crippen LogP contribution in [0.1, 0.15) is 11.1 Å². The summed E-state index contributed by atoms with van der Waals surface area (Å²) < 4.78 is 0. The van der Waals surface area contributed by atoms with E-state index in [1.807, 2.05) is 31.2 Å². The normalized spacial score (nSPS) is 9.57. The van der Waals surface area contributed by atoms with Gasteiger partial charge in [0.15, 0.2) is 0 Å². The van der Waals surface area contributed by atoms with Crippen molar-refractivity contribution >= 4 is 17.5 Å². The number of amides is 1. The van der Waals surface area contributed by atoms with E-state index in [2.05, 4.69) is 11.9 Å². The second-order valence-electron chi connectivity index (χ2n) is 3.07. The van der Waals surface area contributed by atoms with Crippen LogP contribution >= 0.6 is 11.6 Å². The van der Waals surface area contributed by atoms with Gasteiger partial charge < -0.3 is 5.32 Å². The standard InChI is InChI=1S/C11H12ClNO/c1-8-3-5-10(6-4-8)7-13-11(14)9(2)12/h3-6H,2,7H2,1H3,(H,13,14). The third-order valence-corrected chi connectivity index (χ3v) is 1.99. The number of halogens is 1. The molecular formula is C11H12ClNO. The SMILES string of the molecule is C=C(Cl)C(=O)NCc1ccc(C)cc1. The van der Waals surface area contributed by atoms with Gasteiger partial charge in [-0.15, -0.1) is 0 Å². The highest BCUT2D eigenvalue weighted by Crippen LogP contribution is 2.03. The van der Waals surface area contributed by atoms with Crippen LogP contribution in [-0.2, 0) is 11.3 Å². The Balaban J connectivity index is 2.50. The Bertz CT molecular complexity index is 343. The number of carbonyl (C=O) groups excluding carboxylic acids is 1. The van der Waals surface area contributed by atoms with Crippen molar-refractivity contribution in [3.05, 3.63) is 47.0 Å². The lowest BCUT2D eigenvalue weighted by molar-refractivity contribution is -0.117. The van der Waals surface area contributed by atoms with Crippen molar-refractivity contribution in [2.24, 2.45) is 0 Å². The number of aryl methyl sites for hydroxylation is 1. The summed E-state index contributed by atoms with van der Waals surface area (Å²) in [7, 11) is 0. The predicted octanol–water partition coefficient (Wildman–Crippen LogP) is 2.36. The molecule has 1 aromatic rings. The van der Waals surface area contributed by atoms with Crippen LogP contribution in [-0.4, -0.2) is 5.91 Å². The quantitative estimate of drug-likeness (QED) is 0.761. The van der Waals surface area contributed by atoms with Crippen LogP contribution in [0.3, 0.4) is 0 Å². The zero-order valence-corrected chi connectivity index (χ0v) is 8.77. The van der Waals surface area contributed by atoms with Crippen molar-refractivity contribution in [1.29, 1.82) is 0 Å². The highest BCUT2D eigenvalue weighted by atomic mass is 35.5. The van der Waals surface area contributed by atoms with Gasteiger partial charge in [-0.2, -0.15) is 0 Å². The maximum atomic E-state index is 11.0. The van der Waals surface area contributed by atoms with Crippen molar-refractivity contribution in [2.75, 3.05) is 0 Å². The number of carbonyl (C=O) groups is 1. The lowest BCUT2D eigenvalue weighted by Gasteiger charge is -2.03. The van der Waals surface area contributed by atoms with Crippen LogP contribution < -0.4 is 5.32 Å². The summed E-state index contributed by atoms with van der Waals surface area (Å²) in [6.07, 6.45) is 0. The van der Waals surface area contributed by atoms with Crippen LogP contribution in [0.25, 0.3) is 0 Å². The molecule has 0 unspecified atom stereocenters. The lowest BCUT2D eigenvalue weighted by atomic mass is 10.1. The molecule has 1 amide bonds. The first kappa shape index (κ1) is 10.8. The minimum Gasteiger partial charge on any atom is -0.347 e. The van der Waals surface area contributed by atoms with E-state index in [1.54, 1.807) is 0 Å². The molecule has 0 radical (unpaired) electrons. The zero-order chi connectivity index (χ0) is 10.6. The van der Waals surface area contributed by atoms with Crippen molar-refractivity contribution < 1.29 is 4.79 Å². The molecule has 1 rings (SSSR count). The van der Waals surface area contributed by atoms with Gasteiger partial charge in [0.05, 0.1) is 5.03 Å². The van der Waals surface area contributed by atoms with Gasteiger partial charge in [-0.05, 0) is 12.5 Å². The molecule has 0 heterocycles. The number of hydrogen-bond donors (Lipinski definition) is 1. The van der Waals surface area contributed by atoms with Crippen molar-refractivity contribution in [3.8, 4) is 0 Å². The van der Waals surface area contributed by atoms with Crippen LogP contribution in [0.15, 0.2) is 35.9 Å². The first-order valence-electron chi connectivity index (χ1n) is 4.28. The molecule has 0 aliphatic heterocycles. The first-order chi connectivity index (χ1) is 6.59. The smallest absolute Gasteiger partial charge is 0.262 e. The predicted molar refractivity (Wildman–Crippen MR) is 58.0 cm³/mol. The van der Waals surface area contributed by atoms with Gasteiger partial charge in [-0.3, -0.25) is 4.79 Å². The Labute approximate surface area is 88.6 Å². The van der Waals surface area contributed by atoms with Crippen LogP contribution in [0, 0.1) is 6.92 Å². The Morgan fingerprint density at radius 3 is 2.50 bits per heavy atom. The monoisotopic (exact) mass is 209 g/mol. The maximum Gasteiger partial charge on any atom is 0.262 e. The van der Waals surface area contributed by atoms with E-state index in [9.17, 15) is 4.79 Å². The van der Waals surface area contributed by atoms with E-state index in [1.165, 1.54) is 5.56 Å². The van der Waals surface area contributed by atoms with Gasteiger partial charge in [0.25, 0.3) is 5.91 Å². The fraction of sp³-hybridized carbons (Fsp3) is 0.182. The number of rotatable bonds is 3. The fourth-order valence-electron chi connectivity index (χ4n) is 0.984. The molecule has 0 aliphatic carbocycles. The lowest BCUT2D eigenvalue weighted by Crippen LogP contribution is -2.22. The van der Waals surface area contributed by atoms with Gasteiger partial charge in [0.2, 0.25) is 0 Å². The summed E-state index contributed by atoms with van der Waals surface area (Å²) in [5, 5.41) is 2.66. The van der Waals surface area contributed by atoms with Crippen LogP contribution in [0.2, 0.25) is 0 Å². The highest BCUT2D eigenvalue weighted by molar-refractivity contribution is 6.41. The van der Waals surface area contributed by atoms with Crippen molar-refractivity contribution in [3.63, 3.8) is 0 Å². The average Bonchev–Trinajstić information content (AvgIpc) is 2.16. The van der Waals surface area contributed by atoms with E-state index < -0.39 is 0 Å². The van der Waals surface area contributed by atoms with E-state index in [4.69, 9.17) is 11.6 Å². The molecule has 0 aromatic heterocycles. The molecule has 0 atom stereocenters. The summed E-state index contributed by atoms with van der Waals surface area (Å²) in [6.45, 7) is 5.83. The largest absolute Gasteiger partial charge is 0.347 e. The summed E-state index contributed by atoms with van der Waals surface area (Å²) in [5.41, 5.74) is 2.24. The summed E-state index contributed by atoms with van der Waals surface area (Å²) >= 11 is 5.41. The Hall–Kier alpha value is -1.28. The van der Waals surface area contributed by atoms with E-state index in [-0.39, 0.29) is 10.9 Å². The van der Waals surface area contributed by atoms with E-state index in [0.717, 1.165) is 5.56 Å². The molecular weight excluding hydrogens is 198 g/mol. The first-order valence-corrected chi connectivity index (χ1v) is 4.65. The van der Waals surface area contributed by atoms with E-state index >= 15 is 0 Å². The minimum atomic E-state index is -0.327. The molecule has 3 heteroatoms. The Morgan fingerprint density at radius 1 is 1.43 bits per heavy atom. The highest BCUT2D eigenvalue weighted by Gasteiger charge is 2.02. The third kappa shape index (κ3) is 3.23. The summed E-state index contributed by atoms with van der Waals surface area (Å²) in [5.74, 6) is -0.327. The Kier molecular flexibility index (Phi) is 3.72. The molecule has 0 saturated carbocycles. The van der Waals surface area contributed by atoms with Gasteiger partial charge in [-0.25, -0.2) is 0 Å². The van der Waals surface area contributed by atoms with Gasteiger partial charge in [-0.1, -0.05) is 48.0 Å². The van der Waals surface area contributed by atoms with Crippen LogP contribution in [0.5, 0.6) is 0 Å². The van der Waals surface area contributed by atoms with Crippen molar-refractivity contribution in [2.45, 2.75) is 13.5 Å². The maximum absolute atomic E-state index is 11.0. The molecule has 1 N–H and O–H groups in total. The molecule has 2 nitrogen and oxygen atoms in total. The van der Waals surface area contributed by atoms with Gasteiger partial charge >= 0.3 is 0 Å². The van der Waals surface area contributed by atoms with Gasteiger partial charge in [0.1, 0.15) is 0 Å². The topological polar surface area (TPSA) is 29.1 Å². The Morgan fingerprint density at radius 2 is 2.00 bits per heavy atom. The average molecular weight is 210 g/mol. The zero-order valence-electron chi connectivity index (χ0n) is 8.01. The molecule has 1 aromatic carbocycles. The summed E-state index contributed by atoms with van der Waals surface area (Å²) in [4.78, 5) is 11.0. The molecule has 0 bridgehead atoms. The molecule has 74 valence electrons. The number of nitrogens with one attached hydrogen (secondary N) is 1. The minimum absolute atomic E-state index is 0.0112.